The van der Waals surface area contributed by atoms with Gasteiger partial charge in [-0.25, -0.2) is 0 Å². The minimum atomic E-state index is 0.208. The number of rotatable bonds is 6. The SMILES string of the molecule is CCCOCC(N)C1SCCSC1CC. The lowest BCUT2D eigenvalue weighted by atomic mass is 10.1. The average molecular weight is 249 g/mol. The summed E-state index contributed by atoms with van der Waals surface area (Å²) in [4.78, 5) is 0. The van der Waals surface area contributed by atoms with Gasteiger partial charge in [-0.2, -0.15) is 23.5 Å². The monoisotopic (exact) mass is 249 g/mol. The molecule has 0 aromatic heterocycles. The molecule has 1 aliphatic rings. The number of hydrogen-bond acceptors (Lipinski definition) is 4. The lowest BCUT2D eigenvalue weighted by Crippen LogP contribution is -2.44. The molecule has 0 aromatic carbocycles. The zero-order valence-electron chi connectivity index (χ0n) is 9.78. The van der Waals surface area contributed by atoms with E-state index >= 15 is 0 Å². The van der Waals surface area contributed by atoms with Crippen molar-refractivity contribution < 1.29 is 4.74 Å². The third kappa shape index (κ3) is 4.55. The molecule has 0 aromatic rings. The topological polar surface area (TPSA) is 35.2 Å². The van der Waals surface area contributed by atoms with E-state index in [-0.39, 0.29) is 6.04 Å². The molecular formula is C11H23NOS2. The van der Waals surface area contributed by atoms with Gasteiger partial charge in [0.2, 0.25) is 0 Å². The third-order valence-corrected chi connectivity index (χ3v) is 6.00. The maximum atomic E-state index is 6.20. The van der Waals surface area contributed by atoms with Crippen LogP contribution in [0, 0.1) is 0 Å². The van der Waals surface area contributed by atoms with E-state index in [1.165, 1.54) is 17.9 Å². The van der Waals surface area contributed by atoms with Crippen molar-refractivity contribution in [3.8, 4) is 0 Å². The predicted octanol–water partition coefficient (Wildman–Crippen LogP) is 2.37. The molecule has 0 bridgehead atoms. The van der Waals surface area contributed by atoms with Crippen LogP contribution in [0.3, 0.4) is 0 Å². The fourth-order valence-corrected chi connectivity index (χ4v) is 4.97. The highest BCUT2D eigenvalue weighted by atomic mass is 32.2. The molecule has 1 fully saturated rings. The van der Waals surface area contributed by atoms with Crippen LogP contribution >= 0.6 is 23.5 Å². The van der Waals surface area contributed by atoms with Gasteiger partial charge >= 0.3 is 0 Å². The Labute approximate surface area is 102 Å². The van der Waals surface area contributed by atoms with Crippen molar-refractivity contribution in [2.75, 3.05) is 24.7 Å². The van der Waals surface area contributed by atoms with Gasteiger partial charge < -0.3 is 10.5 Å². The molecule has 90 valence electrons. The van der Waals surface area contributed by atoms with Gasteiger partial charge in [0.05, 0.1) is 6.61 Å². The molecule has 1 aliphatic heterocycles. The standard InChI is InChI=1S/C11H23NOS2/c1-3-5-13-8-9(12)11-10(4-2)14-6-7-15-11/h9-11H,3-8,12H2,1-2H3. The number of thioether (sulfide) groups is 2. The maximum Gasteiger partial charge on any atom is 0.0628 e. The first kappa shape index (κ1) is 13.7. The molecule has 2 nitrogen and oxygen atoms in total. The van der Waals surface area contributed by atoms with Crippen molar-refractivity contribution >= 4 is 23.5 Å². The van der Waals surface area contributed by atoms with E-state index < -0.39 is 0 Å². The predicted molar refractivity (Wildman–Crippen MR) is 71.9 cm³/mol. The van der Waals surface area contributed by atoms with Crippen LogP contribution in [0.5, 0.6) is 0 Å². The first-order chi connectivity index (χ1) is 7.29. The van der Waals surface area contributed by atoms with Gasteiger partial charge in [0.15, 0.2) is 0 Å². The van der Waals surface area contributed by atoms with Crippen molar-refractivity contribution in [3.05, 3.63) is 0 Å². The Morgan fingerprint density at radius 1 is 1.33 bits per heavy atom. The van der Waals surface area contributed by atoms with E-state index in [1.54, 1.807) is 0 Å². The van der Waals surface area contributed by atoms with Crippen LogP contribution in [0.1, 0.15) is 26.7 Å². The van der Waals surface area contributed by atoms with Crippen molar-refractivity contribution in [1.82, 2.24) is 0 Å². The molecule has 1 heterocycles. The summed E-state index contributed by atoms with van der Waals surface area (Å²) in [5.41, 5.74) is 6.20. The summed E-state index contributed by atoms with van der Waals surface area (Å²) in [5, 5.41) is 1.31. The molecule has 0 saturated carbocycles. The Bertz CT molecular complexity index is 169. The van der Waals surface area contributed by atoms with Gasteiger partial charge in [-0.1, -0.05) is 13.8 Å². The third-order valence-electron chi connectivity index (χ3n) is 2.58. The first-order valence-electron chi connectivity index (χ1n) is 5.86. The highest BCUT2D eigenvalue weighted by molar-refractivity contribution is 8.07. The number of nitrogens with two attached hydrogens (primary N) is 1. The van der Waals surface area contributed by atoms with E-state index in [0.29, 0.717) is 5.25 Å². The molecule has 3 atom stereocenters. The second kappa shape index (κ2) is 7.82. The van der Waals surface area contributed by atoms with Crippen molar-refractivity contribution in [1.29, 1.82) is 0 Å². The van der Waals surface area contributed by atoms with Gasteiger partial charge in [0, 0.05) is 34.7 Å². The smallest absolute Gasteiger partial charge is 0.0628 e. The van der Waals surface area contributed by atoms with Crippen LogP contribution in [0.4, 0.5) is 0 Å². The zero-order valence-corrected chi connectivity index (χ0v) is 11.4. The molecular weight excluding hydrogens is 226 g/mol. The van der Waals surface area contributed by atoms with Crippen molar-refractivity contribution in [2.24, 2.45) is 5.73 Å². The van der Waals surface area contributed by atoms with E-state index in [9.17, 15) is 0 Å². The molecule has 1 rings (SSSR count). The molecule has 0 aliphatic carbocycles. The summed E-state index contributed by atoms with van der Waals surface area (Å²) in [6.45, 7) is 5.96. The van der Waals surface area contributed by atoms with E-state index in [0.717, 1.165) is 24.9 Å². The highest BCUT2D eigenvalue weighted by Gasteiger charge is 2.29. The molecule has 2 N–H and O–H groups in total. The summed E-state index contributed by atoms with van der Waals surface area (Å²) in [6, 6.07) is 0.208. The Morgan fingerprint density at radius 2 is 2.07 bits per heavy atom. The molecule has 0 radical (unpaired) electrons. The fraction of sp³-hybridized carbons (Fsp3) is 1.00. The van der Waals surface area contributed by atoms with E-state index in [4.69, 9.17) is 10.5 Å². The Balaban J connectivity index is 2.31. The van der Waals surface area contributed by atoms with Crippen LogP contribution in [0.15, 0.2) is 0 Å². The van der Waals surface area contributed by atoms with Crippen LogP contribution < -0.4 is 5.73 Å². The number of hydrogen-bond donors (Lipinski definition) is 1. The molecule has 15 heavy (non-hydrogen) atoms. The Kier molecular flexibility index (Phi) is 7.14. The first-order valence-corrected chi connectivity index (χ1v) is 7.95. The Morgan fingerprint density at radius 3 is 2.73 bits per heavy atom. The fourth-order valence-electron chi connectivity index (χ4n) is 1.79. The van der Waals surface area contributed by atoms with Crippen molar-refractivity contribution in [2.45, 2.75) is 43.2 Å². The summed E-state index contributed by atoms with van der Waals surface area (Å²) in [7, 11) is 0. The van der Waals surface area contributed by atoms with Gasteiger partial charge in [-0.3, -0.25) is 0 Å². The van der Waals surface area contributed by atoms with Gasteiger partial charge in [0.1, 0.15) is 0 Å². The second-order valence-corrected chi connectivity index (χ2v) is 6.52. The van der Waals surface area contributed by atoms with Crippen molar-refractivity contribution in [3.63, 3.8) is 0 Å². The largest absolute Gasteiger partial charge is 0.380 e. The van der Waals surface area contributed by atoms with Gasteiger partial charge in [-0.05, 0) is 12.8 Å². The molecule has 0 amide bonds. The second-order valence-electron chi connectivity index (χ2n) is 3.89. The van der Waals surface area contributed by atoms with Crippen LogP contribution in [0.25, 0.3) is 0 Å². The lowest BCUT2D eigenvalue weighted by Gasteiger charge is -2.33. The minimum absolute atomic E-state index is 0.208. The molecule has 3 unspecified atom stereocenters. The van der Waals surface area contributed by atoms with E-state index in [1.807, 2.05) is 11.8 Å². The lowest BCUT2D eigenvalue weighted by molar-refractivity contribution is 0.120. The number of ether oxygens (including phenoxy) is 1. The molecule has 4 heteroatoms. The zero-order chi connectivity index (χ0) is 11.1. The maximum absolute atomic E-state index is 6.20. The summed E-state index contributed by atoms with van der Waals surface area (Å²) < 4.78 is 5.54. The van der Waals surface area contributed by atoms with E-state index in [2.05, 4.69) is 25.6 Å². The van der Waals surface area contributed by atoms with Gasteiger partial charge in [-0.15, -0.1) is 0 Å². The quantitative estimate of drug-likeness (QED) is 0.733. The summed E-state index contributed by atoms with van der Waals surface area (Å²) >= 11 is 4.12. The Hall–Kier alpha value is 0.620. The van der Waals surface area contributed by atoms with Gasteiger partial charge in [0.25, 0.3) is 0 Å². The normalized spacial score (nSPS) is 29.0. The highest BCUT2D eigenvalue weighted by Crippen LogP contribution is 2.34. The average Bonchev–Trinajstić information content (AvgIpc) is 2.29. The molecule has 1 saturated heterocycles. The van der Waals surface area contributed by atoms with Crippen LogP contribution in [-0.2, 0) is 4.74 Å². The summed E-state index contributed by atoms with van der Waals surface area (Å²) in [5.74, 6) is 2.52. The van der Waals surface area contributed by atoms with Crippen LogP contribution in [-0.4, -0.2) is 41.3 Å². The summed E-state index contributed by atoms with van der Waals surface area (Å²) in [6.07, 6.45) is 2.31. The van der Waals surface area contributed by atoms with Crippen LogP contribution in [0.2, 0.25) is 0 Å². The minimum Gasteiger partial charge on any atom is -0.380 e. The molecule has 0 spiro atoms.